The molecule has 2 atom stereocenters. The summed E-state index contributed by atoms with van der Waals surface area (Å²) in [6.45, 7) is 10.5. The molecular formula is C19H29Br2NO. The second-order valence-corrected chi connectivity index (χ2v) is 8.83. The molecule has 2 rings (SSSR count). The van der Waals surface area contributed by atoms with Gasteiger partial charge in [-0.3, -0.25) is 0 Å². The van der Waals surface area contributed by atoms with Crippen LogP contribution in [0.2, 0.25) is 0 Å². The van der Waals surface area contributed by atoms with Gasteiger partial charge in [0.1, 0.15) is 5.75 Å². The van der Waals surface area contributed by atoms with Gasteiger partial charge in [-0.2, -0.15) is 0 Å². The van der Waals surface area contributed by atoms with Crippen molar-refractivity contribution in [2.45, 2.75) is 58.3 Å². The zero-order chi connectivity index (χ0) is 17.0. The molecule has 1 aliphatic rings. The lowest BCUT2D eigenvalue weighted by Gasteiger charge is -2.45. The Morgan fingerprint density at radius 2 is 2.00 bits per heavy atom. The van der Waals surface area contributed by atoms with E-state index in [1.165, 1.54) is 37.8 Å². The summed E-state index contributed by atoms with van der Waals surface area (Å²) in [5, 5.41) is 10.2. The molecule has 1 aromatic carbocycles. The van der Waals surface area contributed by atoms with Crippen molar-refractivity contribution in [1.82, 2.24) is 4.90 Å². The molecular weight excluding hydrogens is 418 g/mol. The van der Waals surface area contributed by atoms with Gasteiger partial charge in [-0.15, -0.1) is 0 Å². The van der Waals surface area contributed by atoms with Gasteiger partial charge in [-0.05, 0) is 80.8 Å². The Balaban J connectivity index is 2.06. The molecule has 0 amide bonds. The van der Waals surface area contributed by atoms with Crippen LogP contribution in [0, 0.1) is 5.92 Å². The van der Waals surface area contributed by atoms with E-state index in [4.69, 9.17) is 0 Å². The summed E-state index contributed by atoms with van der Waals surface area (Å²) in [7, 11) is 0. The summed E-state index contributed by atoms with van der Waals surface area (Å²) in [6, 6.07) is 4.12. The van der Waals surface area contributed by atoms with E-state index in [-0.39, 0.29) is 5.41 Å². The lowest BCUT2D eigenvalue weighted by Crippen LogP contribution is -2.47. The molecule has 0 unspecified atom stereocenters. The molecule has 1 N–H and O–H groups in total. The molecule has 0 aliphatic carbocycles. The van der Waals surface area contributed by atoms with Crippen LogP contribution in [0.3, 0.4) is 0 Å². The smallest absolute Gasteiger partial charge is 0.144 e. The highest BCUT2D eigenvalue weighted by Crippen LogP contribution is 2.46. The molecule has 23 heavy (non-hydrogen) atoms. The number of aromatic hydroxyl groups is 1. The second kappa shape index (κ2) is 8.35. The standard InChI is InChI=1S/C19H29Br2NO/c1-4-5-6-7-11-22-12-10-19(3,14(2)13-22)15-8-9-16(20)18(23)17(15)21/h8-9,14,23H,4-7,10-13H2,1-3H3/t14-,19-/m0/s1. The highest BCUT2D eigenvalue weighted by molar-refractivity contribution is 9.11. The van der Waals surface area contributed by atoms with Gasteiger partial charge in [0.05, 0.1) is 8.95 Å². The van der Waals surface area contributed by atoms with Crippen LogP contribution in [0.25, 0.3) is 0 Å². The van der Waals surface area contributed by atoms with Gasteiger partial charge >= 0.3 is 0 Å². The summed E-state index contributed by atoms with van der Waals surface area (Å²) >= 11 is 7.01. The number of phenols is 1. The molecule has 1 saturated heterocycles. The van der Waals surface area contributed by atoms with Gasteiger partial charge in [-0.1, -0.05) is 46.1 Å². The van der Waals surface area contributed by atoms with Crippen LogP contribution in [0.4, 0.5) is 0 Å². The Hall–Kier alpha value is -0.0600. The fourth-order valence-electron chi connectivity index (χ4n) is 3.66. The van der Waals surface area contributed by atoms with Gasteiger partial charge in [0.2, 0.25) is 0 Å². The quantitative estimate of drug-likeness (QED) is 0.533. The van der Waals surface area contributed by atoms with Crippen LogP contribution in [-0.2, 0) is 5.41 Å². The molecule has 1 aromatic rings. The number of phenolic OH excluding ortho intramolecular Hbond substituents is 1. The monoisotopic (exact) mass is 445 g/mol. The molecule has 0 radical (unpaired) electrons. The minimum atomic E-state index is 0.108. The van der Waals surface area contributed by atoms with Gasteiger partial charge in [-0.25, -0.2) is 0 Å². The van der Waals surface area contributed by atoms with E-state index >= 15 is 0 Å². The largest absolute Gasteiger partial charge is 0.506 e. The third kappa shape index (κ3) is 4.32. The number of rotatable bonds is 6. The number of likely N-dealkylation sites (tertiary alicyclic amines) is 1. The van der Waals surface area contributed by atoms with Crippen molar-refractivity contribution in [3.63, 3.8) is 0 Å². The molecule has 1 fully saturated rings. The van der Waals surface area contributed by atoms with E-state index in [0.29, 0.717) is 11.7 Å². The normalized spacial score (nSPS) is 25.7. The number of benzene rings is 1. The fraction of sp³-hybridized carbons (Fsp3) is 0.684. The van der Waals surface area contributed by atoms with Crippen LogP contribution >= 0.6 is 31.9 Å². The summed E-state index contributed by atoms with van der Waals surface area (Å²) in [6.07, 6.45) is 6.47. The number of unbranched alkanes of at least 4 members (excludes halogenated alkanes) is 3. The van der Waals surface area contributed by atoms with Gasteiger partial charge in [0.15, 0.2) is 0 Å². The Kier molecular flexibility index (Phi) is 7.00. The molecule has 0 saturated carbocycles. The number of hydrogen-bond donors (Lipinski definition) is 1. The average molecular weight is 447 g/mol. The van der Waals surface area contributed by atoms with E-state index in [1.807, 2.05) is 6.07 Å². The zero-order valence-corrected chi connectivity index (χ0v) is 17.7. The Morgan fingerprint density at radius 1 is 1.26 bits per heavy atom. The first-order chi connectivity index (χ1) is 10.9. The maximum Gasteiger partial charge on any atom is 0.144 e. The first-order valence-corrected chi connectivity index (χ1v) is 10.4. The number of piperidine rings is 1. The van der Waals surface area contributed by atoms with E-state index in [1.54, 1.807) is 0 Å². The van der Waals surface area contributed by atoms with Crippen molar-refractivity contribution in [2.24, 2.45) is 5.92 Å². The van der Waals surface area contributed by atoms with Crippen molar-refractivity contribution in [2.75, 3.05) is 19.6 Å². The topological polar surface area (TPSA) is 23.5 Å². The predicted octanol–water partition coefficient (Wildman–Crippen LogP) is 6.10. The van der Waals surface area contributed by atoms with Crippen molar-refractivity contribution in [3.8, 4) is 5.75 Å². The molecule has 2 nitrogen and oxygen atoms in total. The number of hydrogen-bond acceptors (Lipinski definition) is 2. The highest BCUT2D eigenvalue weighted by Gasteiger charge is 2.39. The third-order valence-electron chi connectivity index (χ3n) is 5.58. The maximum atomic E-state index is 10.2. The second-order valence-electron chi connectivity index (χ2n) is 7.19. The van der Waals surface area contributed by atoms with Crippen LogP contribution in [-0.4, -0.2) is 29.6 Å². The predicted molar refractivity (Wildman–Crippen MR) is 105 cm³/mol. The number of nitrogens with zero attached hydrogens (tertiary/aromatic N) is 1. The Labute approximate surface area is 157 Å². The third-order valence-corrected chi connectivity index (χ3v) is 7.02. The minimum absolute atomic E-state index is 0.108. The van der Waals surface area contributed by atoms with Crippen LogP contribution < -0.4 is 0 Å². The van der Waals surface area contributed by atoms with Crippen molar-refractivity contribution in [1.29, 1.82) is 0 Å². The SMILES string of the molecule is CCCCCCN1CC[C@](C)(c2ccc(Br)c(O)c2Br)[C@@H](C)C1. The highest BCUT2D eigenvalue weighted by atomic mass is 79.9. The van der Waals surface area contributed by atoms with E-state index in [2.05, 4.69) is 63.6 Å². The van der Waals surface area contributed by atoms with Crippen LogP contribution in [0.5, 0.6) is 5.75 Å². The summed E-state index contributed by atoms with van der Waals surface area (Å²) in [5.41, 5.74) is 1.34. The molecule has 1 heterocycles. The lowest BCUT2D eigenvalue weighted by molar-refractivity contribution is 0.109. The van der Waals surface area contributed by atoms with E-state index in [9.17, 15) is 5.11 Å². The van der Waals surface area contributed by atoms with E-state index < -0.39 is 0 Å². The molecule has 0 spiro atoms. The van der Waals surface area contributed by atoms with Gasteiger partial charge in [0.25, 0.3) is 0 Å². The van der Waals surface area contributed by atoms with Crippen molar-refractivity contribution < 1.29 is 5.11 Å². The molecule has 4 heteroatoms. The number of halogens is 2. The summed E-state index contributed by atoms with van der Waals surface area (Å²) in [4.78, 5) is 2.62. The maximum absolute atomic E-state index is 10.2. The van der Waals surface area contributed by atoms with Crippen molar-refractivity contribution >= 4 is 31.9 Å². The van der Waals surface area contributed by atoms with Gasteiger partial charge in [0, 0.05) is 6.54 Å². The molecule has 130 valence electrons. The summed E-state index contributed by atoms with van der Waals surface area (Å²) < 4.78 is 1.59. The van der Waals surface area contributed by atoms with Gasteiger partial charge < -0.3 is 10.0 Å². The van der Waals surface area contributed by atoms with Crippen molar-refractivity contribution in [3.05, 3.63) is 26.6 Å². The first kappa shape index (κ1) is 19.3. The first-order valence-electron chi connectivity index (χ1n) is 8.80. The lowest BCUT2D eigenvalue weighted by atomic mass is 9.68. The molecule has 0 aromatic heterocycles. The molecule has 1 aliphatic heterocycles. The fourth-order valence-corrected chi connectivity index (χ4v) is 5.06. The van der Waals surface area contributed by atoms with E-state index in [0.717, 1.165) is 28.5 Å². The Morgan fingerprint density at radius 3 is 2.65 bits per heavy atom. The zero-order valence-electron chi connectivity index (χ0n) is 14.5. The Bertz CT molecular complexity index is 534. The average Bonchev–Trinajstić information content (AvgIpc) is 2.53. The minimum Gasteiger partial charge on any atom is -0.506 e. The van der Waals surface area contributed by atoms with Crippen LogP contribution in [0.15, 0.2) is 21.1 Å². The molecule has 0 bridgehead atoms. The summed E-state index contributed by atoms with van der Waals surface area (Å²) in [5.74, 6) is 0.886. The van der Waals surface area contributed by atoms with Crippen LogP contribution in [0.1, 0.15) is 58.4 Å².